The number of carboxylic acid groups (broad SMARTS) is 1. The Morgan fingerprint density at radius 2 is 2.22 bits per heavy atom. The summed E-state index contributed by atoms with van der Waals surface area (Å²) >= 11 is 0. The van der Waals surface area contributed by atoms with E-state index < -0.39 is 12.0 Å². The van der Waals surface area contributed by atoms with Crippen LogP contribution < -0.4 is 5.32 Å². The van der Waals surface area contributed by atoms with Crippen LogP contribution in [0.15, 0.2) is 0 Å². The van der Waals surface area contributed by atoms with Crippen molar-refractivity contribution in [2.75, 3.05) is 19.6 Å². The highest BCUT2D eigenvalue weighted by Crippen LogP contribution is 2.18. The molecule has 5 heteroatoms. The van der Waals surface area contributed by atoms with Crippen LogP contribution in [0.3, 0.4) is 0 Å². The summed E-state index contributed by atoms with van der Waals surface area (Å²) in [5, 5.41) is 11.9. The molecule has 0 aromatic heterocycles. The number of nitrogens with one attached hydrogen (secondary N) is 1. The van der Waals surface area contributed by atoms with E-state index in [4.69, 9.17) is 5.11 Å². The lowest BCUT2D eigenvalue weighted by molar-refractivity contribution is -0.144. The van der Waals surface area contributed by atoms with E-state index in [9.17, 15) is 9.59 Å². The molecular formula is C13H24N2O3. The average molecular weight is 256 g/mol. The molecule has 2 atom stereocenters. The third kappa shape index (κ3) is 4.29. The molecule has 0 bridgehead atoms. The first-order valence-electron chi connectivity index (χ1n) is 6.80. The van der Waals surface area contributed by atoms with Crippen LogP contribution in [-0.2, 0) is 9.59 Å². The van der Waals surface area contributed by atoms with E-state index in [2.05, 4.69) is 12.2 Å². The minimum absolute atomic E-state index is 0.0580. The Hall–Kier alpha value is -1.10. The number of carbonyl (C=O) groups is 2. The maximum absolute atomic E-state index is 11.9. The van der Waals surface area contributed by atoms with Crippen molar-refractivity contribution in [2.45, 2.75) is 45.6 Å². The van der Waals surface area contributed by atoms with Crippen LogP contribution in [0.2, 0.25) is 0 Å². The van der Waals surface area contributed by atoms with Crippen LogP contribution in [0.25, 0.3) is 0 Å². The Bertz CT molecular complexity index is 294. The number of unbranched alkanes of at least 4 members (excludes halogenated alkanes) is 1. The summed E-state index contributed by atoms with van der Waals surface area (Å²) in [5.74, 6) is -0.801. The highest BCUT2D eigenvalue weighted by atomic mass is 16.4. The SMILES string of the molecule is CCCCNC(=O)[C@H]1CCCN([C@H](C)C(=O)O)C1. The van der Waals surface area contributed by atoms with Gasteiger partial charge < -0.3 is 10.4 Å². The Morgan fingerprint density at radius 1 is 1.50 bits per heavy atom. The third-order valence-corrected chi connectivity index (χ3v) is 3.56. The van der Waals surface area contributed by atoms with Gasteiger partial charge in [-0.15, -0.1) is 0 Å². The monoisotopic (exact) mass is 256 g/mol. The van der Waals surface area contributed by atoms with E-state index in [1.54, 1.807) is 6.92 Å². The zero-order valence-electron chi connectivity index (χ0n) is 11.3. The van der Waals surface area contributed by atoms with Crippen molar-refractivity contribution in [3.8, 4) is 0 Å². The highest BCUT2D eigenvalue weighted by Gasteiger charge is 2.30. The number of carboxylic acids is 1. The molecule has 5 nitrogen and oxygen atoms in total. The highest BCUT2D eigenvalue weighted by molar-refractivity contribution is 5.79. The summed E-state index contributed by atoms with van der Waals surface area (Å²) in [7, 11) is 0. The van der Waals surface area contributed by atoms with Crippen molar-refractivity contribution in [3.05, 3.63) is 0 Å². The van der Waals surface area contributed by atoms with Gasteiger partial charge in [-0.1, -0.05) is 13.3 Å². The lowest BCUT2D eigenvalue weighted by Crippen LogP contribution is -2.48. The van der Waals surface area contributed by atoms with Crippen LogP contribution >= 0.6 is 0 Å². The van der Waals surface area contributed by atoms with E-state index in [0.717, 1.165) is 38.8 Å². The number of aliphatic carboxylic acids is 1. The number of nitrogens with zero attached hydrogens (tertiary/aromatic N) is 1. The predicted molar refractivity (Wildman–Crippen MR) is 69.3 cm³/mol. The van der Waals surface area contributed by atoms with Crippen molar-refractivity contribution in [2.24, 2.45) is 5.92 Å². The fraction of sp³-hybridized carbons (Fsp3) is 0.846. The maximum Gasteiger partial charge on any atom is 0.320 e. The molecule has 1 rings (SSSR count). The van der Waals surface area contributed by atoms with Crippen molar-refractivity contribution in [1.82, 2.24) is 10.2 Å². The minimum atomic E-state index is -0.818. The molecule has 104 valence electrons. The fourth-order valence-electron chi connectivity index (χ4n) is 2.26. The van der Waals surface area contributed by atoms with Crippen LogP contribution in [0.4, 0.5) is 0 Å². The second kappa shape index (κ2) is 7.36. The molecule has 0 aliphatic carbocycles. The lowest BCUT2D eigenvalue weighted by atomic mass is 9.96. The van der Waals surface area contributed by atoms with Crippen molar-refractivity contribution >= 4 is 11.9 Å². The zero-order valence-corrected chi connectivity index (χ0v) is 11.3. The second-order valence-electron chi connectivity index (χ2n) is 4.99. The Morgan fingerprint density at radius 3 is 2.83 bits per heavy atom. The summed E-state index contributed by atoms with van der Waals surface area (Å²) in [5.41, 5.74) is 0. The smallest absolute Gasteiger partial charge is 0.320 e. The zero-order chi connectivity index (χ0) is 13.5. The first-order valence-corrected chi connectivity index (χ1v) is 6.80. The molecule has 1 heterocycles. The predicted octanol–water partition coefficient (Wildman–Crippen LogP) is 1.09. The van der Waals surface area contributed by atoms with Crippen LogP contribution in [0.1, 0.15) is 39.5 Å². The van der Waals surface area contributed by atoms with Crippen molar-refractivity contribution in [1.29, 1.82) is 0 Å². The third-order valence-electron chi connectivity index (χ3n) is 3.56. The largest absolute Gasteiger partial charge is 0.480 e. The number of rotatable bonds is 6. The van der Waals surface area contributed by atoms with Crippen LogP contribution in [-0.4, -0.2) is 47.6 Å². The molecule has 18 heavy (non-hydrogen) atoms. The maximum atomic E-state index is 11.9. The minimum Gasteiger partial charge on any atom is -0.480 e. The summed E-state index contributed by atoms with van der Waals surface area (Å²) in [6.07, 6.45) is 3.81. The Kier molecular flexibility index (Phi) is 6.12. The van der Waals surface area contributed by atoms with E-state index in [1.807, 2.05) is 4.90 Å². The summed E-state index contributed by atoms with van der Waals surface area (Å²) < 4.78 is 0. The van der Waals surface area contributed by atoms with Gasteiger partial charge in [-0.25, -0.2) is 0 Å². The average Bonchev–Trinajstić information content (AvgIpc) is 2.38. The molecule has 1 amide bonds. The number of hydrogen-bond donors (Lipinski definition) is 2. The molecule has 0 radical (unpaired) electrons. The standard InChI is InChI=1S/C13H24N2O3/c1-3-4-7-14-12(16)11-6-5-8-15(9-11)10(2)13(17)18/h10-11H,3-9H2,1-2H3,(H,14,16)(H,17,18)/t10-,11+/m1/s1. The molecule has 0 saturated carbocycles. The molecule has 0 aromatic rings. The number of carbonyl (C=O) groups excluding carboxylic acids is 1. The van der Waals surface area contributed by atoms with Gasteiger partial charge in [0, 0.05) is 13.1 Å². The van der Waals surface area contributed by atoms with Gasteiger partial charge in [0.1, 0.15) is 6.04 Å². The quantitative estimate of drug-likeness (QED) is 0.698. The lowest BCUT2D eigenvalue weighted by Gasteiger charge is -2.34. The normalized spacial score (nSPS) is 22.4. The molecule has 1 aliphatic rings. The molecule has 1 fully saturated rings. The van der Waals surface area contributed by atoms with Crippen LogP contribution in [0, 0.1) is 5.92 Å². The number of piperidine rings is 1. The van der Waals surface area contributed by atoms with Crippen molar-refractivity contribution < 1.29 is 14.7 Å². The number of amides is 1. The molecule has 0 unspecified atom stereocenters. The van der Waals surface area contributed by atoms with E-state index in [-0.39, 0.29) is 11.8 Å². The van der Waals surface area contributed by atoms with Gasteiger partial charge in [-0.3, -0.25) is 14.5 Å². The molecule has 2 N–H and O–H groups in total. The first-order chi connectivity index (χ1) is 8.56. The molecule has 0 aromatic carbocycles. The van der Waals surface area contributed by atoms with Crippen LogP contribution in [0.5, 0.6) is 0 Å². The second-order valence-corrected chi connectivity index (χ2v) is 4.99. The van der Waals surface area contributed by atoms with Gasteiger partial charge in [0.15, 0.2) is 0 Å². The molecule has 1 aliphatic heterocycles. The van der Waals surface area contributed by atoms with E-state index >= 15 is 0 Å². The summed E-state index contributed by atoms with van der Waals surface area (Å²) in [6.45, 7) is 5.82. The van der Waals surface area contributed by atoms with Gasteiger partial charge in [0.25, 0.3) is 0 Å². The van der Waals surface area contributed by atoms with Crippen molar-refractivity contribution in [3.63, 3.8) is 0 Å². The summed E-state index contributed by atoms with van der Waals surface area (Å²) in [6, 6.07) is -0.503. The summed E-state index contributed by atoms with van der Waals surface area (Å²) in [4.78, 5) is 24.8. The topological polar surface area (TPSA) is 69.6 Å². The molecular weight excluding hydrogens is 232 g/mol. The van der Waals surface area contributed by atoms with Gasteiger partial charge >= 0.3 is 5.97 Å². The van der Waals surface area contributed by atoms with E-state index in [0.29, 0.717) is 6.54 Å². The number of hydrogen-bond acceptors (Lipinski definition) is 3. The van der Waals surface area contributed by atoms with Gasteiger partial charge in [-0.2, -0.15) is 0 Å². The van der Waals surface area contributed by atoms with E-state index in [1.165, 1.54) is 0 Å². The fourth-order valence-corrected chi connectivity index (χ4v) is 2.26. The molecule has 0 spiro atoms. The number of likely N-dealkylation sites (tertiary alicyclic amines) is 1. The van der Waals surface area contributed by atoms with Gasteiger partial charge in [-0.05, 0) is 32.7 Å². The Balaban J connectivity index is 2.43. The van der Waals surface area contributed by atoms with Gasteiger partial charge in [0.2, 0.25) is 5.91 Å². The van der Waals surface area contributed by atoms with Gasteiger partial charge in [0.05, 0.1) is 5.92 Å². The molecule has 1 saturated heterocycles. The Labute approximate surface area is 109 Å². The first kappa shape index (κ1) is 15.0.